The molecule has 0 radical (unpaired) electrons. The lowest BCUT2D eigenvalue weighted by Gasteiger charge is -2.29. The van der Waals surface area contributed by atoms with Gasteiger partial charge in [0.2, 0.25) is 0 Å². The Morgan fingerprint density at radius 1 is 0.731 bits per heavy atom. The number of rotatable bonds is 6. The van der Waals surface area contributed by atoms with Gasteiger partial charge >= 0.3 is 0 Å². The maximum Gasteiger partial charge on any atom is 0.160 e. The van der Waals surface area contributed by atoms with Crippen LogP contribution in [0.5, 0.6) is 0 Å². The number of hydrogen-bond donors (Lipinski definition) is 4. The molecular weight excluding hydrogens is 324 g/mol. The van der Waals surface area contributed by atoms with Crippen LogP contribution in [-0.4, -0.2) is 11.7 Å². The van der Waals surface area contributed by atoms with Crippen LogP contribution in [0.1, 0.15) is 36.1 Å². The first-order valence-electron chi connectivity index (χ1n) is 8.38. The number of aryl methyl sites for hydroxylation is 2. The summed E-state index contributed by atoms with van der Waals surface area (Å²) < 4.78 is 0. The van der Waals surface area contributed by atoms with Crippen LogP contribution in [0, 0.1) is 24.7 Å². The van der Waals surface area contributed by atoms with Crippen molar-refractivity contribution in [3.8, 4) is 0 Å². The molecule has 26 heavy (non-hydrogen) atoms. The standard InChI is InChI=1S/C20H26N6/c1-13-9-5-7-11-15(13)19(3,17(21)22)25-26-20(4,18(23)24)16-12-8-6-10-14(16)2/h5-12H,1-4H3,(H3,21,22)(H3,23,24). The van der Waals surface area contributed by atoms with E-state index in [1.165, 1.54) is 0 Å². The van der Waals surface area contributed by atoms with Crippen molar-refractivity contribution in [3.63, 3.8) is 0 Å². The second-order valence-electron chi connectivity index (χ2n) is 6.80. The summed E-state index contributed by atoms with van der Waals surface area (Å²) in [7, 11) is 0. The minimum atomic E-state index is -1.13. The molecule has 2 aromatic rings. The number of hydrogen-bond acceptors (Lipinski definition) is 4. The fourth-order valence-electron chi connectivity index (χ4n) is 2.94. The second-order valence-corrected chi connectivity index (χ2v) is 6.80. The van der Waals surface area contributed by atoms with Gasteiger partial charge in [-0.15, -0.1) is 0 Å². The SMILES string of the molecule is Cc1ccccc1C(C)(N=NC(C)(C(=N)N)c1ccccc1C)C(=N)N. The quantitative estimate of drug-likeness (QED) is 0.360. The van der Waals surface area contributed by atoms with Gasteiger partial charge in [0.1, 0.15) is 11.7 Å². The molecule has 6 nitrogen and oxygen atoms in total. The van der Waals surface area contributed by atoms with Crippen LogP contribution in [0.3, 0.4) is 0 Å². The van der Waals surface area contributed by atoms with E-state index in [0.717, 1.165) is 22.3 Å². The molecule has 6 N–H and O–H groups in total. The maximum absolute atomic E-state index is 8.08. The van der Waals surface area contributed by atoms with E-state index in [9.17, 15) is 0 Å². The summed E-state index contributed by atoms with van der Waals surface area (Å²) in [6.07, 6.45) is 0. The van der Waals surface area contributed by atoms with Gasteiger partial charge < -0.3 is 11.5 Å². The third-order valence-electron chi connectivity index (χ3n) is 4.84. The largest absolute Gasteiger partial charge is 0.385 e. The molecule has 2 aromatic carbocycles. The van der Waals surface area contributed by atoms with Crippen molar-refractivity contribution in [1.82, 2.24) is 0 Å². The number of azo groups is 1. The molecular formula is C20H26N6. The van der Waals surface area contributed by atoms with E-state index < -0.39 is 11.1 Å². The summed E-state index contributed by atoms with van der Waals surface area (Å²) in [4.78, 5) is 0. The van der Waals surface area contributed by atoms with Crippen LogP contribution in [0.2, 0.25) is 0 Å². The lowest BCUT2D eigenvalue weighted by molar-refractivity contribution is 0.530. The van der Waals surface area contributed by atoms with E-state index in [-0.39, 0.29) is 11.7 Å². The number of nitrogens with two attached hydrogens (primary N) is 2. The summed E-state index contributed by atoms with van der Waals surface area (Å²) in [6.45, 7) is 7.38. The Labute approximate surface area is 154 Å². The van der Waals surface area contributed by atoms with E-state index >= 15 is 0 Å². The molecule has 6 heteroatoms. The van der Waals surface area contributed by atoms with Crippen LogP contribution < -0.4 is 11.5 Å². The molecule has 0 bridgehead atoms. The van der Waals surface area contributed by atoms with Gasteiger partial charge in [0.05, 0.1) is 0 Å². The number of amidine groups is 2. The predicted octanol–water partition coefficient (Wildman–Crippen LogP) is 3.76. The average molecular weight is 350 g/mol. The zero-order valence-corrected chi connectivity index (χ0v) is 15.7. The molecule has 0 aliphatic rings. The highest BCUT2D eigenvalue weighted by molar-refractivity contribution is 5.90. The second kappa shape index (κ2) is 7.07. The number of nitrogens with one attached hydrogen (secondary N) is 2. The first-order chi connectivity index (χ1) is 12.1. The van der Waals surface area contributed by atoms with Crippen molar-refractivity contribution in [3.05, 3.63) is 70.8 Å². The normalized spacial score (nSPS) is 16.0. The summed E-state index contributed by atoms with van der Waals surface area (Å²) in [5, 5.41) is 25.1. The Kier molecular flexibility index (Phi) is 5.25. The van der Waals surface area contributed by atoms with Crippen molar-refractivity contribution in [2.75, 3.05) is 0 Å². The molecule has 0 heterocycles. The van der Waals surface area contributed by atoms with Crippen LogP contribution in [0.25, 0.3) is 0 Å². The molecule has 2 atom stereocenters. The minimum absolute atomic E-state index is 0.119. The van der Waals surface area contributed by atoms with Crippen molar-refractivity contribution in [2.45, 2.75) is 38.8 Å². The lowest BCUT2D eigenvalue weighted by Crippen LogP contribution is -2.40. The lowest BCUT2D eigenvalue weighted by atomic mass is 9.87. The molecule has 0 saturated heterocycles. The van der Waals surface area contributed by atoms with Crippen LogP contribution >= 0.6 is 0 Å². The first kappa shape index (κ1) is 19.3. The van der Waals surface area contributed by atoms with Crippen molar-refractivity contribution < 1.29 is 0 Å². The van der Waals surface area contributed by atoms with Gasteiger partial charge in [0.25, 0.3) is 0 Å². The zero-order valence-electron chi connectivity index (χ0n) is 15.7. The minimum Gasteiger partial charge on any atom is -0.385 e. The number of benzene rings is 2. The Morgan fingerprint density at radius 2 is 1.04 bits per heavy atom. The summed E-state index contributed by atoms with van der Waals surface area (Å²) in [6, 6.07) is 15.3. The smallest absolute Gasteiger partial charge is 0.160 e. The van der Waals surface area contributed by atoms with Gasteiger partial charge in [-0.1, -0.05) is 48.5 Å². The van der Waals surface area contributed by atoms with Gasteiger partial charge in [-0.2, -0.15) is 10.2 Å². The van der Waals surface area contributed by atoms with Gasteiger partial charge in [0, 0.05) is 0 Å². The van der Waals surface area contributed by atoms with Crippen LogP contribution in [0.15, 0.2) is 58.8 Å². The molecule has 0 saturated carbocycles. The Morgan fingerprint density at radius 3 is 1.31 bits per heavy atom. The highest BCUT2D eigenvalue weighted by atomic mass is 15.2. The Hall–Kier alpha value is -3.02. The summed E-state index contributed by atoms with van der Waals surface area (Å²) in [5.74, 6) is -0.238. The van der Waals surface area contributed by atoms with Crippen LogP contribution in [-0.2, 0) is 11.1 Å². The molecule has 0 aliphatic carbocycles. The van der Waals surface area contributed by atoms with Crippen molar-refractivity contribution in [2.24, 2.45) is 21.7 Å². The van der Waals surface area contributed by atoms with Gasteiger partial charge in [0.15, 0.2) is 11.1 Å². The van der Waals surface area contributed by atoms with E-state index in [2.05, 4.69) is 10.2 Å². The Bertz CT molecular complexity index is 801. The van der Waals surface area contributed by atoms with E-state index in [1.54, 1.807) is 13.8 Å². The average Bonchev–Trinajstić information content (AvgIpc) is 2.59. The fraction of sp³-hybridized carbons (Fsp3) is 0.300. The van der Waals surface area contributed by atoms with E-state index in [4.69, 9.17) is 22.3 Å². The monoisotopic (exact) mass is 350 g/mol. The van der Waals surface area contributed by atoms with Gasteiger partial charge in [-0.25, -0.2) is 0 Å². The molecule has 0 aromatic heterocycles. The highest BCUT2D eigenvalue weighted by Crippen LogP contribution is 2.34. The zero-order chi connectivity index (χ0) is 19.5. The highest BCUT2D eigenvalue weighted by Gasteiger charge is 2.36. The van der Waals surface area contributed by atoms with Gasteiger partial charge in [-0.3, -0.25) is 10.8 Å². The van der Waals surface area contributed by atoms with Crippen LogP contribution in [0.4, 0.5) is 0 Å². The van der Waals surface area contributed by atoms with Crippen molar-refractivity contribution in [1.29, 1.82) is 10.8 Å². The molecule has 0 amide bonds. The molecule has 0 spiro atoms. The third kappa shape index (κ3) is 3.35. The van der Waals surface area contributed by atoms with E-state index in [1.807, 2.05) is 62.4 Å². The topological polar surface area (TPSA) is 124 Å². The Balaban J connectivity index is 2.61. The molecule has 0 fully saturated rings. The maximum atomic E-state index is 8.08. The molecule has 0 aliphatic heterocycles. The molecule has 136 valence electrons. The first-order valence-corrected chi connectivity index (χ1v) is 8.38. The van der Waals surface area contributed by atoms with Crippen molar-refractivity contribution >= 4 is 11.7 Å². The van der Waals surface area contributed by atoms with E-state index in [0.29, 0.717) is 0 Å². The number of nitrogens with zero attached hydrogens (tertiary/aromatic N) is 2. The molecule has 2 rings (SSSR count). The summed E-state index contributed by atoms with van der Waals surface area (Å²) >= 11 is 0. The third-order valence-corrected chi connectivity index (χ3v) is 4.84. The fourth-order valence-corrected chi connectivity index (χ4v) is 2.94. The van der Waals surface area contributed by atoms with Gasteiger partial charge in [-0.05, 0) is 49.9 Å². The molecule has 2 unspecified atom stereocenters. The predicted molar refractivity (Wildman–Crippen MR) is 106 cm³/mol. The summed E-state index contributed by atoms with van der Waals surface area (Å²) in [5.41, 5.74) is 13.0.